The van der Waals surface area contributed by atoms with Gasteiger partial charge in [0, 0.05) is 25.0 Å². The molecule has 0 radical (unpaired) electrons. The van der Waals surface area contributed by atoms with Crippen molar-refractivity contribution in [2.45, 2.75) is 6.54 Å². The second kappa shape index (κ2) is 9.12. The molecule has 0 atom stereocenters. The minimum absolute atomic E-state index is 0.0543. The van der Waals surface area contributed by atoms with Crippen LogP contribution in [0.4, 0.5) is 10.5 Å². The maximum atomic E-state index is 13.2. The Balaban J connectivity index is 1.85. The summed E-state index contributed by atoms with van der Waals surface area (Å²) in [5.41, 5.74) is 1.49. The predicted octanol–water partition coefficient (Wildman–Crippen LogP) is 1.73. The number of urea groups is 1. The number of carbonyl (C=O) groups excluding carboxylic acids is 2. The number of hydrogen-bond donors (Lipinski definition) is 0. The van der Waals surface area contributed by atoms with Crippen molar-refractivity contribution in [3.05, 3.63) is 53.9 Å². The van der Waals surface area contributed by atoms with Crippen LogP contribution in [0.25, 0.3) is 0 Å². The zero-order valence-electron chi connectivity index (χ0n) is 16.8. The lowest BCUT2D eigenvalue weighted by atomic mass is 10.2. The largest absolute Gasteiger partial charge is 0.497 e. The van der Waals surface area contributed by atoms with Crippen molar-refractivity contribution in [2.24, 2.45) is 0 Å². The predicted molar refractivity (Wildman–Crippen MR) is 110 cm³/mol. The van der Waals surface area contributed by atoms with Gasteiger partial charge in [0.2, 0.25) is 0 Å². The molecular formula is C20H23N3O6S. The first kappa shape index (κ1) is 21.6. The summed E-state index contributed by atoms with van der Waals surface area (Å²) >= 11 is 0. The Morgan fingerprint density at radius 2 is 1.73 bits per heavy atom. The molecule has 9 nitrogen and oxygen atoms in total. The van der Waals surface area contributed by atoms with E-state index in [0.29, 0.717) is 22.7 Å². The van der Waals surface area contributed by atoms with E-state index in [4.69, 9.17) is 4.74 Å². The summed E-state index contributed by atoms with van der Waals surface area (Å²) in [6.45, 7) is 0.431. The quantitative estimate of drug-likeness (QED) is 0.661. The SMILES string of the molecule is COC(=O)c1ccc(CN(C(=O)N2CCS(=O)(=O)CC2)c2ccc(OC)cc2)nc1. The van der Waals surface area contributed by atoms with Gasteiger partial charge in [-0.05, 0) is 36.4 Å². The maximum absolute atomic E-state index is 13.2. The van der Waals surface area contributed by atoms with Crippen LogP contribution in [-0.2, 0) is 21.1 Å². The highest BCUT2D eigenvalue weighted by molar-refractivity contribution is 7.91. The molecular weight excluding hydrogens is 410 g/mol. The number of carbonyl (C=O) groups is 2. The zero-order valence-corrected chi connectivity index (χ0v) is 17.6. The Morgan fingerprint density at radius 1 is 1.07 bits per heavy atom. The van der Waals surface area contributed by atoms with Gasteiger partial charge in [-0.25, -0.2) is 18.0 Å². The number of benzene rings is 1. The molecule has 0 unspecified atom stereocenters. The standard InChI is InChI=1S/C20H23N3O6S/c1-28-18-7-5-17(6-8-18)23(20(25)22-9-11-30(26,27)12-10-22)14-16-4-3-15(13-21-16)19(24)29-2/h3-8,13H,9-12,14H2,1-2H3. The molecule has 0 spiro atoms. The molecule has 1 aromatic heterocycles. The van der Waals surface area contributed by atoms with Crippen molar-refractivity contribution in [2.75, 3.05) is 43.7 Å². The van der Waals surface area contributed by atoms with Crippen LogP contribution in [0.5, 0.6) is 5.75 Å². The Bertz CT molecular complexity index is 992. The Kier molecular flexibility index (Phi) is 6.56. The summed E-state index contributed by atoms with van der Waals surface area (Å²) in [5.74, 6) is 0.0464. The van der Waals surface area contributed by atoms with E-state index in [9.17, 15) is 18.0 Å². The monoisotopic (exact) mass is 433 g/mol. The molecule has 0 N–H and O–H groups in total. The Hall–Kier alpha value is -3.14. The van der Waals surface area contributed by atoms with Crippen LogP contribution in [0.1, 0.15) is 16.1 Å². The van der Waals surface area contributed by atoms with Gasteiger partial charge in [-0.15, -0.1) is 0 Å². The highest BCUT2D eigenvalue weighted by Crippen LogP contribution is 2.23. The van der Waals surface area contributed by atoms with E-state index in [2.05, 4.69) is 9.72 Å². The molecule has 1 saturated heterocycles. The lowest BCUT2D eigenvalue weighted by Crippen LogP contribution is -2.49. The summed E-state index contributed by atoms with van der Waals surface area (Å²) in [6, 6.07) is 9.90. The van der Waals surface area contributed by atoms with Crippen LogP contribution in [0.15, 0.2) is 42.6 Å². The number of aromatic nitrogens is 1. The number of methoxy groups -OCH3 is 2. The average Bonchev–Trinajstić information content (AvgIpc) is 2.77. The van der Waals surface area contributed by atoms with Crippen molar-refractivity contribution in [1.82, 2.24) is 9.88 Å². The third kappa shape index (κ3) is 5.07. The minimum Gasteiger partial charge on any atom is -0.497 e. The molecule has 2 amide bonds. The molecule has 30 heavy (non-hydrogen) atoms. The Morgan fingerprint density at radius 3 is 2.27 bits per heavy atom. The normalized spacial score (nSPS) is 15.3. The van der Waals surface area contributed by atoms with Crippen molar-refractivity contribution < 1.29 is 27.5 Å². The smallest absolute Gasteiger partial charge is 0.339 e. The summed E-state index contributed by atoms with van der Waals surface area (Å²) in [7, 11) is -0.263. The van der Waals surface area contributed by atoms with Crippen LogP contribution in [0.2, 0.25) is 0 Å². The van der Waals surface area contributed by atoms with E-state index in [0.717, 1.165) is 0 Å². The number of pyridine rings is 1. The molecule has 1 aliphatic heterocycles. The summed E-state index contributed by atoms with van der Waals surface area (Å²) < 4.78 is 33.3. The van der Waals surface area contributed by atoms with Crippen molar-refractivity contribution in [1.29, 1.82) is 0 Å². The third-order valence-electron chi connectivity index (χ3n) is 4.80. The molecule has 1 aliphatic rings. The van der Waals surface area contributed by atoms with E-state index in [1.54, 1.807) is 43.5 Å². The van der Waals surface area contributed by atoms with Crippen LogP contribution in [0, 0.1) is 0 Å². The number of ether oxygens (including phenoxy) is 2. The number of rotatable bonds is 5. The van der Waals surface area contributed by atoms with Gasteiger partial charge >= 0.3 is 12.0 Å². The van der Waals surface area contributed by atoms with Crippen LogP contribution in [0.3, 0.4) is 0 Å². The second-order valence-electron chi connectivity index (χ2n) is 6.74. The van der Waals surface area contributed by atoms with Gasteiger partial charge in [0.15, 0.2) is 9.84 Å². The molecule has 0 bridgehead atoms. The molecule has 0 aliphatic carbocycles. The van der Waals surface area contributed by atoms with Crippen molar-refractivity contribution in [3.63, 3.8) is 0 Å². The minimum atomic E-state index is -3.11. The number of anilines is 1. The van der Waals surface area contributed by atoms with Crippen LogP contribution < -0.4 is 9.64 Å². The molecule has 1 fully saturated rings. The van der Waals surface area contributed by atoms with E-state index >= 15 is 0 Å². The average molecular weight is 433 g/mol. The number of sulfone groups is 1. The van der Waals surface area contributed by atoms with Gasteiger partial charge in [0.05, 0.1) is 43.5 Å². The molecule has 0 saturated carbocycles. The molecule has 2 aromatic rings. The molecule has 1 aromatic carbocycles. The summed E-state index contributed by atoms with van der Waals surface area (Å²) in [4.78, 5) is 32.1. The highest BCUT2D eigenvalue weighted by atomic mass is 32.2. The topological polar surface area (TPSA) is 106 Å². The number of amides is 2. The number of nitrogens with zero attached hydrogens (tertiary/aromatic N) is 3. The molecule has 3 rings (SSSR count). The van der Waals surface area contributed by atoms with E-state index < -0.39 is 15.8 Å². The van der Waals surface area contributed by atoms with Gasteiger partial charge < -0.3 is 14.4 Å². The lowest BCUT2D eigenvalue weighted by molar-refractivity contribution is 0.0600. The number of esters is 1. The van der Waals surface area contributed by atoms with Crippen molar-refractivity contribution >= 4 is 27.5 Å². The Labute approximate surface area is 175 Å². The van der Waals surface area contributed by atoms with E-state index in [1.165, 1.54) is 23.1 Å². The molecule has 160 valence electrons. The summed E-state index contributed by atoms with van der Waals surface area (Å²) in [5, 5.41) is 0. The zero-order chi connectivity index (χ0) is 21.7. The van der Waals surface area contributed by atoms with Crippen LogP contribution >= 0.6 is 0 Å². The molecule has 2 heterocycles. The number of hydrogen-bond acceptors (Lipinski definition) is 7. The van der Waals surface area contributed by atoms with E-state index in [1.807, 2.05) is 0 Å². The van der Waals surface area contributed by atoms with Gasteiger partial charge in [0.1, 0.15) is 5.75 Å². The van der Waals surface area contributed by atoms with E-state index in [-0.39, 0.29) is 37.2 Å². The summed E-state index contributed by atoms with van der Waals surface area (Å²) in [6.07, 6.45) is 1.39. The first-order valence-electron chi connectivity index (χ1n) is 9.27. The first-order valence-corrected chi connectivity index (χ1v) is 11.1. The maximum Gasteiger partial charge on any atom is 0.339 e. The third-order valence-corrected chi connectivity index (χ3v) is 6.41. The fraction of sp³-hybridized carbons (Fsp3) is 0.350. The fourth-order valence-electron chi connectivity index (χ4n) is 3.02. The first-order chi connectivity index (χ1) is 14.3. The van der Waals surface area contributed by atoms with Gasteiger partial charge in [-0.1, -0.05) is 0 Å². The second-order valence-corrected chi connectivity index (χ2v) is 9.04. The lowest BCUT2D eigenvalue weighted by Gasteiger charge is -2.33. The van der Waals surface area contributed by atoms with Gasteiger partial charge in [-0.2, -0.15) is 0 Å². The molecule has 10 heteroatoms. The fourth-order valence-corrected chi connectivity index (χ4v) is 4.23. The van der Waals surface area contributed by atoms with Crippen molar-refractivity contribution in [3.8, 4) is 5.75 Å². The van der Waals surface area contributed by atoms with Crippen LogP contribution in [-0.4, -0.2) is 69.1 Å². The van der Waals surface area contributed by atoms with Gasteiger partial charge in [0.25, 0.3) is 0 Å². The van der Waals surface area contributed by atoms with Gasteiger partial charge in [-0.3, -0.25) is 9.88 Å². The highest BCUT2D eigenvalue weighted by Gasteiger charge is 2.29.